The number of hydrogen-bond donors (Lipinski definition) is 2. The van der Waals surface area contributed by atoms with Gasteiger partial charge < -0.3 is 9.73 Å². The van der Waals surface area contributed by atoms with Gasteiger partial charge in [0.05, 0.1) is 6.26 Å². The Morgan fingerprint density at radius 2 is 2.12 bits per heavy atom. The van der Waals surface area contributed by atoms with E-state index in [2.05, 4.69) is 20.5 Å². The molecule has 0 spiro atoms. The zero-order valence-corrected chi connectivity index (χ0v) is 13.5. The summed E-state index contributed by atoms with van der Waals surface area (Å²) in [4.78, 5) is 16.1. The Bertz CT molecular complexity index is 823. The minimum atomic E-state index is -0.171. The number of hydrogen-bond acceptors (Lipinski definition) is 4. The molecule has 0 aliphatic carbocycles. The van der Waals surface area contributed by atoms with Crippen LogP contribution in [0.2, 0.25) is 5.02 Å². The molecular formula is C17H15ClN4O2. The largest absolute Gasteiger partial charge is 0.461 e. The van der Waals surface area contributed by atoms with E-state index >= 15 is 0 Å². The number of benzene rings is 1. The van der Waals surface area contributed by atoms with Crippen molar-refractivity contribution < 1.29 is 9.21 Å². The number of halogens is 1. The molecule has 6 nitrogen and oxygen atoms in total. The molecular weight excluding hydrogens is 328 g/mol. The van der Waals surface area contributed by atoms with Gasteiger partial charge in [0, 0.05) is 24.1 Å². The zero-order chi connectivity index (χ0) is 16.8. The highest BCUT2D eigenvalue weighted by molar-refractivity contribution is 6.30. The molecule has 3 aromatic rings. The van der Waals surface area contributed by atoms with Crippen LogP contribution in [0.25, 0.3) is 17.7 Å². The van der Waals surface area contributed by atoms with Gasteiger partial charge in [-0.25, -0.2) is 4.98 Å². The molecule has 0 radical (unpaired) electrons. The van der Waals surface area contributed by atoms with Crippen molar-refractivity contribution >= 4 is 23.6 Å². The van der Waals surface area contributed by atoms with E-state index in [0.717, 1.165) is 5.56 Å². The van der Waals surface area contributed by atoms with E-state index in [-0.39, 0.29) is 5.91 Å². The molecule has 0 aliphatic heterocycles. The van der Waals surface area contributed by atoms with Crippen LogP contribution >= 0.6 is 11.6 Å². The van der Waals surface area contributed by atoms with E-state index in [1.807, 2.05) is 12.1 Å². The molecule has 0 bridgehead atoms. The number of carbonyl (C=O) groups excluding carboxylic acids is 1. The molecule has 2 N–H and O–H groups in total. The third-order valence-corrected chi connectivity index (χ3v) is 3.48. The lowest BCUT2D eigenvalue weighted by atomic mass is 10.2. The first-order valence-corrected chi connectivity index (χ1v) is 7.75. The second-order valence-electron chi connectivity index (χ2n) is 5.01. The molecule has 2 heterocycles. The third-order valence-electron chi connectivity index (χ3n) is 3.23. The molecule has 0 atom stereocenters. The van der Waals surface area contributed by atoms with Crippen LogP contribution in [-0.4, -0.2) is 27.6 Å². The summed E-state index contributed by atoms with van der Waals surface area (Å²) in [6.45, 7) is 0.455. The number of H-pyrrole nitrogens is 1. The number of nitrogens with one attached hydrogen (secondary N) is 2. The van der Waals surface area contributed by atoms with Gasteiger partial charge in [0.2, 0.25) is 11.7 Å². The fraction of sp³-hybridized carbons (Fsp3) is 0.118. The van der Waals surface area contributed by atoms with Crippen molar-refractivity contribution in [2.24, 2.45) is 0 Å². The van der Waals surface area contributed by atoms with Gasteiger partial charge in [-0.3, -0.25) is 9.89 Å². The molecule has 1 aromatic carbocycles. The summed E-state index contributed by atoms with van der Waals surface area (Å²) in [6, 6.07) is 10.8. The number of aromatic amines is 1. The number of amides is 1. The highest BCUT2D eigenvalue weighted by Crippen LogP contribution is 2.14. The summed E-state index contributed by atoms with van der Waals surface area (Å²) in [5.41, 5.74) is 0.910. The van der Waals surface area contributed by atoms with Crippen molar-refractivity contribution in [3.05, 3.63) is 65.1 Å². The van der Waals surface area contributed by atoms with E-state index in [1.165, 1.54) is 6.08 Å². The van der Waals surface area contributed by atoms with Crippen molar-refractivity contribution in [3.63, 3.8) is 0 Å². The standard InChI is InChI=1S/C17H15ClN4O2/c18-13-6-3-12(4-7-13)5-8-16(23)19-10-9-15-20-17(22-21-15)14-2-1-11-24-14/h1-8,11H,9-10H2,(H,19,23)(H,20,21,22). The first kappa shape index (κ1) is 16.0. The number of rotatable bonds is 6. The smallest absolute Gasteiger partial charge is 0.244 e. The van der Waals surface area contributed by atoms with Crippen LogP contribution in [0.5, 0.6) is 0 Å². The Kier molecular flexibility index (Phi) is 5.08. The topological polar surface area (TPSA) is 83.8 Å². The Hall–Kier alpha value is -2.86. The Morgan fingerprint density at radius 1 is 1.29 bits per heavy atom. The number of carbonyl (C=O) groups is 1. The molecule has 0 aliphatic rings. The zero-order valence-electron chi connectivity index (χ0n) is 12.7. The third kappa shape index (κ3) is 4.33. The first-order chi connectivity index (χ1) is 11.7. The van der Waals surface area contributed by atoms with Crippen LogP contribution < -0.4 is 5.32 Å². The maximum absolute atomic E-state index is 11.8. The summed E-state index contributed by atoms with van der Waals surface area (Å²) in [5, 5.41) is 10.4. The average Bonchev–Trinajstić information content (AvgIpc) is 3.25. The van der Waals surface area contributed by atoms with Crippen molar-refractivity contribution in [1.82, 2.24) is 20.5 Å². The Labute approximate surface area is 143 Å². The summed E-state index contributed by atoms with van der Waals surface area (Å²) >= 11 is 5.81. The van der Waals surface area contributed by atoms with Crippen molar-refractivity contribution in [1.29, 1.82) is 0 Å². The van der Waals surface area contributed by atoms with E-state index in [1.54, 1.807) is 36.6 Å². The van der Waals surface area contributed by atoms with Crippen molar-refractivity contribution in [2.75, 3.05) is 6.54 Å². The Morgan fingerprint density at radius 3 is 2.88 bits per heavy atom. The quantitative estimate of drug-likeness (QED) is 0.674. The average molecular weight is 343 g/mol. The summed E-state index contributed by atoms with van der Waals surface area (Å²) in [6.07, 6.45) is 5.33. The van der Waals surface area contributed by atoms with Gasteiger partial charge in [-0.2, -0.15) is 5.10 Å². The van der Waals surface area contributed by atoms with Gasteiger partial charge in [-0.05, 0) is 35.9 Å². The highest BCUT2D eigenvalue weighted by atomic mass is 35.5. The van der Waals surface area contributed by atoms with Gasteiger partial charge in [0.15, 0.2) is 5.76 Å². The van der Waals surface area contributed by atoms with E-state index in [9.17, 15) is 4.79 Å². The lowest BCUT2D eigenvalue weighted by Gasteiger charge is -1.99. The van der Waals surface area contributed by atoms with Crippen LogP contribution in [0, 0.1) is 0 Å². The van der Waals surface area contributed by atoms with Gasteiger partial charge in [-0.15, -0.1) is 0 Å². The molecule has 3 rings (SSSR count). The fourth-order valence-electron chi connectivity index (χ4n) is 2.03. The molecule has 0 saturated heterocycles. The fourth-order valence-corrected chi connectivity index (χ4v) is 2.16. The number of nitrogens with zero attached hydrogens (tertiary/aromatic N) is 2. The van der Waals surface area contributed by atoms with E-state index in [4.69, 9.17) is 16.0 Å². The maximum Gasteiger partial charge on any atom is 0.244 e. The predicted molar refractivity (Wildman–Crippen MR) is 91.3 cm³/mol. The summed E-state index contributed by atoms with van der Waals surface area (Å²) < 4.78 is 5.22. The summed E-state index contributed by atoms with van der Waals surface area (Å²) in [7, 11) is 0. The second kappa shape index (κ2) is 7.61. The molecule has 0 unspecified atom stereocenters. The molecule has 0 fully saturated rings. The molecule has 2 aromatic heterocycles. The minimum absolute atomic E-state index is 0.171. The Balaban J connectivity index is 1.46. The summed E-state index contributed by atoms with van der Waals surface area (Å²) in [5.74, 6) is 1.62. The predicted octanol–water partition coefficient (Wildman–Crippen LogP) is 3.09. The lowest BCUT2D eigenvalue weighted by molar-refractivity contribution is -0.116. The molecule has 122 valence electrons. The van der Waals surface area contributed by atoms with Crippen LogP contribution in [0.3, 0.4) is 0 Å². The molecule has 24 heavy (non-hydrogen) atoms. The van der Waals surface area contributed by atoms with E-state index in [0.29, 0.717) is 35.4 Å². The number of aromatic nitrogens is 3. The maximum atomic E-state index is 11.8. The molecule has 0 saturated carbocycles. The van der Waals surface area contributed by atoms with Crippen molar-refractivity contribution in [3.8, 4) is 11.6 Å². The van der Waals surface area contributed by atoms with Crippen LogP contribution in [0.1, 0.15) is 11.4 Å². The van der Waals surface area contributed by atoms with Gasteiger partial charge in [0.25, 0.3) is 0 Å². The minimum Gasteiger partial charge on any atom is -0.461 e. The monoisotopic (exact) mass is 342 g/mol. The van der Waals surface area contributed by atoms with Gasteiger partial charge in [-0.1, -0.05) is 23.7 Å². The van der Waals surface area contributed by atoms with E-state index < -0.39 is 0 Å². The molecule has 7 heteroatoms. The SMILES string of the molecule is O=C(C=Cc1ccc(Cl)cc1)NCCc1nc(-c2ccco2)n[nH]1. The number of furan rings is 1. The van der Waals surface area contributed by atoms with Crippen molar-refractivity contribution in [2.45, 2.75) is 6.42 Å². The highest BCUT2D eigenvalue weighted by Gasteiger charge is 2.08. The van der Waals surface area contributed by atoms with Crippen LogP contribution in [0.15, 0.2) is 53.2 Å². The normalized spacial score (nSPS) is 11.0. The van der Waals surface area contributed by atoms with Gasteiger partial charge in [0.1, 0.15) is 5.82 Å². The first-order valence-electron chi connectivity index (χ1n) is 7.37. The molecule has 1 amide bonds. The second-order valence-corrected chi connectivity index (χ2v) is 5.45. The van der Waals surface area contributed by atoms with Crippen LogP contribution in [-0.2, 0) is 11.2 Å². The van der Waals surface area contributed by atoms with Gasteiger partial charge >= 0.3 is 0 Å². The lowest BCUT2D eigenvalue weighted by Crippen LogP contribution is -2.23. The van der Waals surface area contributed by atoms with Crippen LogP contribution in [0.4, 0.5) is 0 Å².